The largest absolute Gasteiger partial charge is 0.493 e. The first kappa shape index (κ1) is 27.9. The Labute approximate surface area is 236 Å². The molecule has 8 nitrogen and oxygen atoms in total. The number of rotatable bonds is 8. The van der Waals surface area contributed by atoms with Crippen LogP contribution in [-0.2, 0) is 9.53 Å². The van der Waals surface area contributed by atoms with Gasteiger partial charge in [-0.15, -0.1) is 0 Å². The molecule has 3 aromatic rings. The first-order valence-electron chi connectivity index (χ1n) is 11.8. The first-order chi connectivity index (χ1) is 18.2. The van der Waals surface area contributed by atoms with E-state index in [4.69, 9.17) is 30.5 Å². The van der Waals surface area contributed by atoms with Crippen LogP contribution < -0.4 is 29.1 Å². The summed E-state index contributed by atoms with van der Waals surface area (Å²) in [5, 5.41) is 0.514. The number of hydrogen-bond donors (Lipinski definition) is 0. The van der Waals surface area contributed by atoms with E-state index in [1.807, 2.05) is 6.92 Å². The zero-order chi connectivity index (χ0) is 27.6. The Bertz CT molecular complexity index is 1610. The molecule has 1 atom stereocenters. The molecule has 1 aromatic heterocycles. The van der Waals surface area contributed by atoms with Gasteiger partial charge in [0.25, 0.3) is 5.56 Å². The van der Waals surface area contributed by atoms with Gasteiger partial charge in [0.05, 0.1) is 49.3 Å². The number of benzene rings is 2. The molecule has 1 aliphatic rings. The van der Waals surface area contributed by atoms with E-state index in [0.29, 0.717) is 59.5 Å². The summed E-state index contributed by atoms with van der Waals surface area (Å²) in [5.74, 6) is 0.998. The summed E-state index contributed by atoms with van der Waals surface area (Å²) in [6, 6.07) is 7.89. The monoisotopic (exact) mass is 620 g/mol. The van der Waals surface area contributed by atoms with E-state index in [-0.39, 0.29) is 17.7 Å². The summed E-state index contributed by atoms with van der Waals surface area (Å²) in [4.78, 5) is 32.2. The second-order valence-electron chi connectivity index (χ2n) is 8.15. The fraction of sp³-hybridized carbons (Fsp3) is 0.296. The van der Waals surface area contributed by atoms with E-state index in [9.17, 15) is 9.59 Å². The highest BCUT2D eigenvalue weighted by Gasteiger charge is 2.35. The highest BCUT2D eigenvalue weighted by Crippen LogP contribution is 2.40. The van der Waals surface area contributed by atoms with Crippen LogP contribution in [0, 0.1) is 0 Å². The minimum absolute atomic E-state index is 0.175. The number of hydrogen-bond acceptors (Lipinski definition) is 8. The van der Waals surface area contributed by atoms with E-state index >= 15 is 0 Å². The molecule has 0 saturated carbocycles. The normalized spacial score (nSPS) is 15.1. The molecule has 0 amide bonds. The van der Waals surface area contributed by atoms with Crippen LogP contribution in [0.1, 0.15) is 37.9 Å². The van der Waals surface area contributed by atoms with E-state index < -0.39 is 12.0 Å². The van der Waals surface area contributed by atoms with Gasteiger partial charge in [-0.2, -0.15) is 0 Å². The van der Waals surface area contributed by atoms with Crippen molar-refractivity contribution in [3.63, 3.8) is 0 Å². The van der Waals surface area contributed by atoms with E-state index in [1.54, 1.807) is 50.3 Å². The van der Waals surface area contributed by atoms with Crippen molar-refractivity contribution in [1.29, 1.82) is 0 Å². The fourth-order valence-corrected chi connectivity index (χ4v) is 5.98. The second kappa shape index (κ2) is 11.8. The summed E-state index contributed by atoms with van der Waals surface area (Å²) in [5.41, 5.74) is 1.68. The van der Waals surface area contributed by atoms with Crippen LogP contribution in [0.5, 0.6) is 17.2 Å². The number of ether oxygens (including phenoxy) is 4. The molecule has 0 bridgehead atoms. The summed E-state index contributed by atoms with van der Waals surface area (Å²) in [6.07, 6.45) is 1.73. The predicted molar refractivity (Wildman–Crippen MR) is 150 cm³/mol. The minimum Gasteiger partial charge on any atom is -0.493 e. The van der Waals surface area contributed by atoms with Crippen LogP contribution in [0.15, 0.2) is 55.9 Å². The molecule has 0 fully saturated rings. The van der Waals surface area contributed by atoms with Gasteiger partial charge < -0.3 is 18.9 Å². The highest BCUT2D eigenvalue weighted by molar-refractivity contribution is 9.10. The number of methoxy groups -OCH3 is 2. The summed E-state index contributed by atoms with van der Waals surface area (Å²) in [7, 11) is 3.06. The number of aromatic nitrogens is 1. The number of fused-ring (bicyclic) bond motifs is 1. The zero-order valence-corrected chi connectivity index (χ0v) is 24.6. The summed E-state index contributed by atoms with van der Waals surface area (Å²) in [6.45, 7) is 5.97. The average molecular weight is 622 g/mol. The maximum absolute atomic E-state index is 13.9. The van der Waals surface area contributed by atoms with Crippen LogP contribution in [0.4, 0.5) is 0 Å². The maximum atomic E-state index is 13.9. The van der Waals surface area contributed by atoms with Crippen LogP contribution in [0.25, 0.3) is 6.08 Å². The van der Waals surface area contributed by atoms with Gasteiger partial charge in [-0.1, -0.05) is 38.9 Å². The third kappa shape index (κ3) is 5.25. The molecule has 0 saturated heterocycles. The molecule has 0 radical (unpaired) electrons. The number of carbonyl (C=O) groups excluding carboxylic acids is 1. The molecule has 2 heterocycles. The lowest BCUT2D eigenvalue weighted by atomic mass is 9.95. The van der Waals surface area contributed by atoms with Gasteiger partial charge in [-0.25, -0.2) is 9.79 Å². The van der Waals surface area contributed by atoms with Crippen molar-refractivity contribution >= 4 is 50.9 Å². The fourth-order valence-electron chi connectivity index (χ4n) is 4.23. The number of allylic oxidation sites excluding steroid dienone is 1. The molecule has 0 spiro atoms. The molecular formula is C27H26BrClN2O6S. The lowest BCUT2D eigenvalue weighted by molar-refractivity contribution is -0.139. The molecule has 0 aliphatic carbocycles. The highest BCUT2D eigenvalue weighted by atomic mass is 79.9. The topological polar surface area (TPSA) is 88.4 Å². The van der Waals surface area contributed by atoms with Crippen molar-refractivity contribution in [1.82, 2.24) is 4.57 Å². The van der Waals surface area contributed by atoms with Crippen LogP contribution in [-0.4, -0.2) is 38.0 Å². The molecule has 0 unspecified atom stereocenters. The van der Waals surface area contributed by atoms with Gasteiger partial charge in [-0.3, -0.25) is 9.36 Å². The molecule has 11 heteroatoms. The average Bonchev–Trinajstić information content (AvgIpc) is 3.19. The maximum Gasteiger partial charge on any atom is 0.338 e. The zero-order valence-electron chi connectivity index (χ0n) is 21.5. The Kier molecular flexibility index (Phi) is 8.64. The number of halogens is 2. The van der Waals surface area contributed by atoms with Crippen molar-refractivity contribution < 1.29 is 23.7 Å². The van der Waals surface area contributed by atoms with Gasteiger partial charge >= 0.3 is 5.97 Å². The van der Waals surface area contributed by atoms with Gasteiger partial charge in [0.15, 0.2) is 16.3 Å². The van der Waals surface area contributed by atoms with Crippen molar-refractivity contribution in [2.45, 2.75) is 26.8 Å². The molecular weight excluding hydrogens is 596 g/mol. The second-order valence-corrected chi connectivity index (χ2v) is 10.4. The molecule has 1 aliphatic heterocycles. The molecule has 4 rings (SSSR count). The Balaban J connectivity index is 2.02. The van der Waals surface area contributed by atoms with E-state index in [2.05, 4.69) is 20.9 Å². The standard InChI is InChI=1S/C27H26BrClN2O6S/c1-6-36-19-9-8-16(29)10-15(19)11-22-25(32)31-24(17-12-20(34-4)21(35-5)13-18(17)28)23(26(33)37-7-2)14(3)30-27(31)38-22/h8-13,24H,6-7H2,1-5H3/b22-11-/t24-/m1/s1. The van der Waals surface area contributed by atoms with E-state index in [0.717, 1.165) is 0 Å². The number of nitrogens with zero attached hydrogens (tertiary/aromatic N) is 2. The third-order valence-electron chi connectivity index (χ3n) is 5.87. The van der Waals surface area contributed by atoms with Crippen molar-refractivity contribution in [2.75, 3.05) is 27.4 Å². The predicted octanol–water partition coefficient (Wildman–Crippen LogP) is 4.63. The van der Waals surface area contributed by atoms with Gasteiger partial charge in [0.2, 0.25) is 0 Å². The van der Waals surface area contributed by atoms with Gasteiger partial charge in [0, 0.05) is 15.1 Å². The van der Waals surface area contributed by atoms with Crippen LogP contribution in [0.3, 0.4) is 0 Å². The Morgan fingerprint density at radius 2 is 1.84 bits per heavy atom. The van der Waals surface area contributed by atoms with Crippen LogP contribution in [0.2, 0.25) is 5.02 Å². The Morgan fingerprint density at radius 3 is 2.50 bits per heavy atom. The van der Waals surface area contributed by atoms with Crippen molar-refractivity contribution in [2.24, 2.45) is 4.99 Å². The van der Waals surface area contributed by atoms with Crippen LogP contribution >= 0.6 is 38.9 Å². The van der Waals surface area contributed by atoms with Crippen molar-refractivity contribution in [3.05, 3.63) is 81.9 Å². The van der Waals surface area contributed by atoms with E-state index in [1.165, 1.54) is 30.1 Å². The SMILES string of the molecule is CCOC(=O)C1=C(C)N=c2s/c(=C\c3cc(Cl)ccc3OCC)c(=O)n2[C@@H]1c1cc(OC)c(OC)cc1Br. The van der Waals surface area contributed by atoms with Crippen molar-refractivity contribution in [3.8, 4) is 17.2 Å². The molecule has 2 aromatic carbocycles. The molecule has 200 valence electrons. The lowest BCUT2D eigenvalue weighted by Crippen LogP contribution is -2.40. The minimum atomic E-state index is -0.827. The smallest absolute Gasteiger partial charge is 0.338 e. The van der Waals surface area contributed by atoms with Gasteiger partial charge in [0.1, 0.15) is 5.75 Å². The number of thiazole rings is 1. The third-order valence-corrected chi connectivity index (χ3v) is 7.78. The quantitative estimate of drug-likeness (QED) is 0.341. The Hall–Kier alpha value is -3.08. The van der Waals surface area contributed by atoms with Gasteiger partial charge in [-0.05, 0) is 62.7 Å². The lowest BCUT2D eigenvalue weighted by Gasteiger charge is -2.26. The molecule has 38 heavy (non-hydrogen) atoms. The summed E-state index contributed by atoms with van der Waals surface area (Å²) < 4.78 is 24.6. The first-order valence-corrected chi connectivity index (χ1v) is 13.8. The number of carbonyl (C=O) groups is 1. The summed E-state index contributed by atoms with van der Waals surface area (Å²) >= 11 is 11.1. The number of esters is 1. The molecule has 0 N–H and O–H groups in total. The Morgan fingerprint density at radius 1 is 1.13 bits per heavy atom.